The fraction of sp³-hybridized carbons (Fsp3) is 0.312. The van der Waals surface area contributed by atoms with Gasteiger partial charge in [-0.3, -0.25) is 9.48 Å². The van der Waals surface area contributed by atoms with Crippen LogP contribution < -0.4 is 0 Å². The lowest BCUT2D eigenvalue weighted by Crippen LogP contribution is -2.26. The van der Waals surface area contributed by atoms with E-state index in [1.807, 2.05) is 23.9 Å². The molecular weight excluding hydrogens is 282 g/mol. The summed E-state index contributed by atoms with van der Waals surface area (Å²) in [6.07, 6.45) is 1.89. The first kappa shape index (κ1) is 15.8. The molecule has 2 rings (SSSR count). The number of aryl methyl sites for hydroxylation is 1. The molecule has 2 aromatic rings. The van der Waals surface area contributed by atoms with Crippen LogP contribution in [-0.4, -0.2) is 40.7 Å². The Kier molecular flexibility index (Phi) is 4.93. The number of amides is 1. The molecule has 1 heterocycles. The molecule has 0 unspecified atom stereocenters. The van der Waals surface area contributed by atoms with Crippen LogP contribution in [0.1, 0.15) is 33.3 Å². The molecule has 0 aliphatic heterocycles. The molecule has 0 N–H and O–H groups in total. The number of carbonyl (C=O) groups is 2. The number of esters is 1. The molecule has 1 aromatic carbocycles. The van der Waals surface area contributed by atoms with Crippen LogP contribution in [0.25, 0.3) is 0 Å². The summed E-state index contributed by atoms with van der Waals surface area (Å²) in [5.41, 5.74) is 1.78. The zero-order chi connectivity index (χ0) is 16.1. The molecule has 0 saturated heterocycles. The zero-order valence-corrected chi connectivity index (χ0v) is 12.9. The van der Waals surface area contributed by atoms with Crippen LogP contribution in [0.3, 0.4) is 0 Å². The smallest absolute Gasteiger partial charge is 0.337 e. The minimum atomic E-state index is -0.419. The van der Waals surface area contributed by atoms with Crippen molar-refractivity contribution in [1.29, 1.82) is 0 Å². The maximum absolute atomic E-state index is 12.4. The molecule has 6 nitrogen and oxygen atoms in total. The van der Waals surface area contributed by atoms with Crippen LogP contribution in [0.15, 0.2) is 36.5 Å². The summed E-state index contributed by atoms with van der Waals surface area (Å²) in [5, 5.41) is 4.35. The van der Waals surface area contributed by atoms with Crippen molar-refractivity contribution in [2.24, 2.45) is 0 Å². The van der Waals surface area contributed by atoms with Crippen molar-refractivity contribution in [1.82, 2.24) is 14.7 Å². The van der Waals surface area contributed by atoms with Crippen molar-refractivity contribution in [3.63, 3.8) is 0 Å². The van der Waals surface area contributed by atoms with Crippen molar-refractivity contribution >= 4 is 11.9 Å². The van der Waals surface area contributed by atoms with Gasteiger partial charge in [0.15, 0.2) is 0 Å². The SMILES string of the molecule is CCn1ccc(CN(C)C(=O)c2ccc(C(=O)OC)cc2)n1. The second-order valence-electron chi connectivity index (χ2n) is 4.89. The van der Waals surface area contributed by atoms with Crippen LogP contribution in [-0.2, 0) is 17.8 Å². The summed E-state index contributed by atoms with van der Waals surface area (Å²) in [6.45, 7) is 3.24. The van der Waals surface area contributed by atoms with Gasteiger partial charge >= 0.3 is 5.97 Å². The van der Waals surface area contributed by atoms with Crippen molar-refractivity contribution in [3.05, 3.63) is 53.3 Å². The number of rotatable bonds is 5. The summed E-state index contributed by atoms with van der Waals surface area (Å²) < 4.78 is 6.45. The molecule has 22 heavy (non-hydrogen) atoms. The van der Waals surface area contributed by atoms with Crippen molar-refractivity contribution in [2.45, 2.75) is 20.0 Å². The van der Waals surface area contributed by atoms with Gasteiger partial charge in [0.25, 0.3) is 5.91 Å². The molecule has 116 valence electrons. The summed E-state index contributed by atoms with van der Waals surface area (Å²) in [7, 11) is 3.05. The molecule has 0 fully saturated rings. The Balaban J connectivity index is 2.05. The number of ether oxygens (including phenoxy) is 1. The number of hydrogen-bond donors (Lipinski definition) is 0. The quantitative estimate of drug-likeness (QED) is 0.792. The van der Waals surface area contributed by atoms with Crippen molar-refractivity contribution < 1.29 is 14.3 Å². The first-order valence-electron chi connectivity index (χ1n) is 7.01. The van der Waals surface area contributed by atoms with E-state index in [1.165, 1.54) is 7.11 Å². The van der Waals surface area contributed by atoms with Crippen LogP contribution in [0.4, 0.5) is 0 Å². The highest BCUT2D eigenvalue weighted by Crippen LogP contribution is 2.10. The Morgan fingerprint density at radius 3 is 2.36 bits per heavy atom. The topological polar surface area (TPSA) is 64.4 Å². The van der Waals surface area contributed by atoms with E-state index in [2.05, 4.69) is 9.84 Å². The van der Waals surface area contributed by atoms with E-state index in [1.54, 1.807) is 36.2 Å². The van der Waals surface area contributed by atoms with Crippen molar-refractivity contribution in [2.75, 3.05) is 14.2 Å². The molecule has 0 aliphatic carbocycles. The summed E-state index contributed by atoms with van der Waals surface area (Å²) in [6, 6.07) is 8.30. The highest BCUT2D eigenvalue weighted by atomic mass is 16.5. The fourth-order valence-electron chi connectivity index (χ4n) is 2.07. The van der Waals surface area contributed by atoms with Gasteiger partial charge < -0.3 is 9.64 Å². The molecule has 1 amide bonds. The van der Waals surface area contributed by atoms with E-state index >= 15 is 0 Å². The number of methoxy groups -OCH3 is 1. The fourth-order valence-corrected chi connectivity index (χ4v) is 2.07. The van der Waals surface area contributed by atoms with E-state index in [4.69, 9.17) is 0 Å². The monoisotopic (exact) mass is 301 g/mol. The van der Waals surface area contributed by atoms with E-state index in [9.17, 15) is 9.59 Å². The summed E-state index contributed by atoms with van der Waals surface area (Å²) >= 11 is 0. The molecule has 0 bridgehead atoms. The average Bonchev–Trinajstić information content (AvgIpc) is 3.01. The van der Waals surface area contributed by atoms with Gasteiger partial charge in [0.05, 0.1) is 24.9 Å². The Morgan fingerprint density at radius 2 is 1.82 bits per heavy atom. The standard InChI is InChI=1S/C16H19N3O3/c1-4-19-10-9-14(17-19)11-18(2)15(20)12-5-7-13(8-6-12)16(21)22-3/h5-10H,4,11H2,1-3H3. The molecule has 1 aromatic heterocycles. The molecule has 6 heteroatoms. The van der Waals surface area contributed by atoms with Gasteiger partial charge in [-0.05, 0) is 37.3 Å². The molecule has 0 aliphatic rings. The third kappa shape index (κ3) is 3.52. The normalized spacial score (nSPS) is 10.3. The summed E-state index contributed by atoms with van der Waals surface area (Å²) in [4.78, 5) is 25.3. The number of benzene rings is 1. The number of hydrogen-bond acceptors (Lipinski definition) is 4. The highest BCUT2D eigenvalue weighted by Gasteiger charge is 2.14. The molecule has 0 spiro atoms. The summed E-state index contributed by atoms with van der Waals surface area (Å²) in [5.74, 6) is -0.542. The average molecular weight is 301 g/mol. The second-order valence-corrected chi connectivity index (χ2v) is 4.89. The van der Waals surface area contributed by atoms with Gasteiger partial charge in [0.2, 0.25) is 0 Å². The number of nitrogens with zero attached hydrogens (tertiary/aromatic N) is 3. The van der Waals surface area contributed by atoms with Crippen LogP contribution in [0.5, 0.6) is 0 Å². The Hall–Kier alpha value is -2.63. The number of aromatic nitrogens is 2. The minimum absolute atomic E-state index is 0.123. The maximum Gasteiger partial charge on any atom is 0.337 e. The lowest BCUT2D eigenvalue weighted by molar-refractivity contribution is 0.0600. The Labute approximate surface area is 129 Å². The third-order valence-corrected chi connectivity index (χ3v) is 3.32. The largest absolute Gasteiger partial charge is 0.465 e. The van der Waals surface area contributed by atoms with Crippen molar-refractivity contribution in [3.8, 4) is 0 Å². The second kappa shape index (κ2) is 6.89. The van der Waals surface area contributed by atoms with Gasteiger partial charge in [0.1, 0.15) is 0 Å². The first-order chi connectivity index (χ1) is 10.5. The van der Waals surface area contributed by atoms with E-state index in [0.29, 0.717) is 17.7 Å². The van der Waals surface area contributed by atoms with E-state index in [-0.39, 0.29) is 5.91 Å². The lowest BCUT2D eigenvalue weighted by Gasteiger charge is -2.16. The molecule has 0 saturated carbocycles. The van der Waals surface area contributed by atoms with Gasteiger partial charge in [-0.25, -0.2) is 4.79 Å². The highest BCUT2D eigenvalue weighted by molar-refractivity contribution is 5.96. The molecule has 0 atom stereocenters. The predicted octanol–water partition coefficient (Wildman–Crippen LogP) is 1.96. The van der Waals surface area contributed by atoms with Gasteiger partial charge in [-0.2, -0.15) is 5.10 Å². The van der Waals surface area contributed by atoms with E-state index < -0.39 is 5.97 Å². The predicted molar refractivity (Wildman–Crippen MR) is 81.5 cm³/mol. The number of carbonyl (C=O) groups excluding carboxylic acids is 2. The van der Waals surface area contributed by atoms with Gasteiger partial charge in [0, 0.05) is 25.4 Å². The lowest BCUT2D eigenvalue weighted by atomic mass is 10.1. The Morgan fingerprint density at radius 1 is 1.18 bits per heavy atom. The van der Waals surface area contributed by atoms with Gasteiger partial charge in [-0.1, -0.05) is 0 Å². The molecular formula is C16H19N3O3. The van der Waals surface area contributed by atoms with E-state index in [0.717, 1.165) is 12.2 Å². The maximum atomic E-state index is 12.4. The van der Waals surface area contributed by atoms with Crippen LogP contribution in [0.2, 0.25) is 0 Å². The molecule has 0 radical (unpaired) electrons. The van der Waals surface area contributed by atoms with Gasteiger partial charge in [-0.15, -0.1) is 0 Å². The third-order valence-electron chi connectivity index (χ3n) is 3.32. The Bertz CT molecular complexity index is 662. The zero-order valence-electron chi connectivity index (χ0n) is 12.9. The minimum Gasteiger partial charge on any atom is -0.465 e. The van der Waals surface area contributed by atoms with Crippen LogP contribution >= 0.6 is 0 Å². The first-order valence-corrected chi connectivity index (χ1v) is 7.01. The van der Waals surface area contributed by atoms with Crippen LogP contribution in [0, 0.1) is 0 Å².